The van der Waals surface area contributed by atoms with E-state index >= 15 is 0 Å². The molecule has 0 N–H and O–H groups in total. The van der Waals surface area contributed by atoms with Gasteiger partial charge in [0, 0.05) is 36.6 Å². The number of fused-ring (bicyclic) bond motifs is 1. The number of esters is 1. The van der Waals surface area contributed by atoms with Crippen LogP contribution in [0.25, 0.3) is 11.4 Å². The van der Waals surface area contributed by atoms with Gasteiger partial charge in [0.05, 0.1) is 12.7 Å². The summed E-state index contributed by atoms with van der Waals surface area (Å²) in [5.41, 5.74) is 3.26. The second-order valence-corrected chi connectivity index (χ2v) is 5.28. The lowest BCUT2D eigenvalue weighted by Gasteiger charge is -2.16. The van der Waals surface area contributed by atoms with Gasteiger partial charge in [-0.1, -0.05) is 6.92 Å². The third-order valence-corrected chi connectivity index (χ3v) is 3.91. The first kappa shape index (κ1) is 15.1. The van der Waals surface area contributed by atoms with Crippen molar-refractivity contribution in [1.82, 2.24) is 9.97 Å². The molecule has 1 aromatic heterocycles. The van der Waals surface area contributed by atoms with Crippen LogP contribution in [0.2, 0.25) is 0 Å². The van der Waals surface area contributed by atoms with E-state index in [9.17, 15) is 9.59 Å². The summed E-state index contributed by atoms with van der Waals surface area (Å²) in [5.74, 6) is 0.218. The molecule has 23 heavy (non-hydrogen) atoms. The zero-order valence-electron chi connectivity index (χ0n) is 13.1. The fourth-order valence-electron chi connectivity index (χ4n) is 2.69. The van der Waals surface area contributed by atoms with Crippen molar-refractivity contribution in [3.63, 3.8) is 0 Å². The van der Waals surface area contributed by atoms with Crippen LogP contribution in [0.3, 0.4) is 0 Å². The van der Waals surface area contributed by atoms with Gasteiger partial charge in [-0.3, -0.25) is 4.79 Å². The Hall–Kier alpha value is -2.76. The number of anilines is 1. The molecule has 0 saturated carbocycles. The summed E-state index contributed by atoms with van der Waals surface area (Å²) in [6.45, 7) is 2.58. The number of ether oxygens (including phenoxy) is 1. The molecule has 0 radical (unpaired) electrons. The van der Waals surface area contributed by atoms with E-state index in [-0.39, 0.29) is 5.91 Å². The molecule has 1 amide bonds. The van der Waals surface area contributed by atoms with Crippen molar-refractivity contribution in [3.05, 3.63) is 41.7 Å². The molecule has 6 heteroatoms. The van der Waals surface area contributed by atoms with Crippen LogP contribution in [-0.4, -0.2) is 35.5 Å². The van der Waals surface area contributed by atoms with Crippen molar-refractivity contribution in [3.8, 4) is 11.4 Å². The Morgan fingerprint density at radius 1 is 1.26 bits per heavy atom. The Balaban J connectivity index is 1.88. The molecule has 0 spiro atoms. The molecular formula is C17H17N3O3. The van der Waals surface area contributed by atoms with E-state index in [0.717, 1.165) is 23.2 Å². The maximum absolute atomic E-state index is 11.9. The summed E-state index contributed by atoms with van der Waals surface area (Å²) in [5, 5.41) is 0. The van der Waals surface area contributed by atoms with E-state index in [2.05, 4.69) is 14.7 Å². The number of nitrogens with zero attached hydrogens (tertiary/aromatic N) is 3. The van der Waals surface area contributed by atoms with E-state index in [1.54, 1.807) is 0 Å². The molecule has 0 bridgehead atoms. The quantitative estimate of drug-likeness (QED) is 0.813. The predicted octanol–water partition coefficient (Wildman–Crippen LogP) is 2.23. The van der Waals surface area contributed by atoms with Gasteiger partial charge >= 0.3 is 5.97 Å². The van der Waals surface area contributed by atoms with Crippen molar-refractivity contribution in [2.45, 2.75) is 19.8 Å². The highest BCUT2D eigenvalue weighted by atomic mass is 16.5. The monoisotopic (exact) mass is 311 g/mol. The molecule has 1 aromatic carbocycles. The summed E-state index contributed by atoms with van der Waals surface area (Å²) in [6, 6.07) is 5.83. The number of hydrogen-bond donors (Lipinski definition) is 0. The van der Waals surface area contributed by atoms with Crippen LogP contribution in [0, 0.1) is 0 Å². The highest BCUT2D eigenvalue weighted by Crippen LogP contribution is 2.31. The fourth-order valence-corrected chi connectivity index (χ4v) is 2.69. The standard InChI is InChI=1S/C17H17N3O3/c1-3-15(21)20-7-6-11-8-12(4-5-14(11)20)16-18-9-13(10-19-16)17(22)23-2/h4-5,8-10H,3,6-7H2,1-2H3. The maximum Gasteiger partial charge on any atom is 0.341 e. The Bertz CT molecular complexity index is 756. The Kier molecular flexibility index (Phi) is 4.06. The molecule has 0 atom stereocenters. The van der Waals surface area contributed by atoms with Gasteiger partial charge in [0.15, 0.2) is 5.82 Å². The number of amides is 1. The second kappa shape index (κ2) is 6.16. The smallest absolute Gasteiger partial charge is 0.341 e. The molecule has 118 valence electrons. The van der Waals surface area contributed by atoms with Crippen LogP contribution in [0.15, 0.2) is 30.6 Å². The van der Waals surface area contributed by atoms with Crippen molar-refractivity contribution in [2.75, 3.05) is 18.6 Å². The average molecular weight is 311 g/mol. The molecule has 1 aliphatic rings. The number of benzene rings is 1. The van der Waals surface area contributed by atoms with Crippen LogP contribution in [0.1, 0.15) is 29.3 Å². The first-order valence-corrected chi connectivity index (χ1v) is 7.48. The number of rotatable bonds is 3. The lowest BCUT2D eigenvalue weighted by atomic mass is 10.1. The molecule has 6 nitrogen and oxygen atoms in total. The third-order valence-electron chi connectivity index (χ3n) is 3.91. The molecule has 0 saturated heterocycles. The minimum atomic E-state index is -0.459. The summed E-state index contributed by atoms with van der Waals surface area (Å²) in [6.07, 6.45) is 4.23. The van der Waals surface area contributed by atoms with Crippen LogP contribution >= 0.6 is 0 Å². The molecular weight excluding hydrogens is 294 g/mol. The van der Waals surface area contributed by atoms with E-state index in [4.69, 9.17) is 0 Å². The van der Waals surface area contributed by atoms with Crippen molar-refractivity contribution < 1.29 is 14.3 Å². The first-order valence-electron chi connectivity index (χ1n) is 7.48. The van der Waals surface area contributed by atoms with Gasteiger partial charge < -0.3 is 9.64 Å². The summed E-state index contributed by atoms with van der Waals surface area (Å²) in [4.78, 5) is 33.6. The summed E-state index contributed by atoms with van der Waals surface area (Å²) in [7, 11) is 1.32. The molecule has 3 rings (SSSR count). The SMILES string of the molecule is CCC(=O)N1CCc2cc(-c3ncc(C(=O)OC)cn3)ccc21. The fraction of sp³-hybridized carbons (Fsp3) is 0.294. The lowest BCUT2D eigenvalue weighted by Crippen LogP contribution is -2.27. The molecule has 2 aromatic rings. The van der Waals surface area contributed by atoms with Gasteiger partial charge in [-0.25, -0.2) is 14.8 Å². The van der Waals surface area contributed by atoms with E-state index in [0.29, 0.717) is 24.4 Å². The van der Waals surface area contributed by atoms with Gasteiger partial charge in [0.25, 0.3) is 0 Å². The van der Waals surface area contributed by atoms with Gasteiger partial charge in [-0.05, 0) is 30.2 Å². The number of carbonyl (C=O) groups is 2. The van der Waals surface area contributed by atoms with Crippen LogP contribution < -0.4 is 4.90 Å². The normalized spacial score (nSPS) is 12.9. The molecule has 1 aliphatic heterocycles. The number of methoxy groups -OCH3 is 1. The van der Waals surface area contributed by atoms with Gasteiger partial charge in [-0.2, -0.15) is 0 Å². The zero-order chi connectivity index (χ0) is 16.4. The number of carbonyl (C=O) groups excluding carboxylic acids is 2. The largest absolute Gasteiger partial charge is 0.465 e. The highest BCUT2D eigenvalue weighted by molar-refractivity contribution is 5.95. The van der Waals surface area contributed by atoms with Crippen molar-refractivity contribution in [1.29, 1.82) is 0 Å². The second-order valence-electron chi connectivity index (χ2n) is 5.28. The number of aromatic nitrogens is 2. The van der Waals surface area contributed by atoms with Gasteiger partial charge in [-0.15, -0.1) is 0 Å². The molecule has 0 aliphatic carbocycles. The first-order chi connectivity index (χ1) is 11.1. The minimum absolute atomic E-state index is 0.134. The van der Waals surface area contributed by atoms with Crippen molar-refractivity contribution in [2.24, 2.45) is 0 Å². The summed E-state index contributed by atoms with van der Waals surface area (Å²) >= 11 is 0. The van der Waals surface area contributed by atoms with E-state index in [1.807, 2.05) is 30.0 Å². The van der Waals surface area contributed by atoms with Crippen LogP contribution in [-0.2, 0) is 16.0 Å². The van der Waals surface area contributed by atoms with Gasteiger partial charge in [0.1, 0.15) is 0 Å². The molecule has 2 heterocycles. The van der Waals surface area contributed by atoms with E-state index < -0.39 is 5.97 Å². The predicted molar refractivity (Wildman–Crippen MR) is 85.2 cm³/mol. The zero-order valence-corrected chi connectivity index (χ0v) is 13.1. The molecule has 0 unspecified atom stereocenters. The lowest BCUT2D eigenvalue weighted by molar-refractivity contribution is -0.118. The topological polar surface area (TPSA) is 72.4 Å². The minimum Gasteiger partial charge on any atom is -0.465 e. The average Bonchev–Trinajstić information content (AvgIpc) is 3.03. The summed E-state index contributed by atoms with van der Waals surface area (Å²) < 4.78 is 4.63. The van der Waals surface area contributed by atoms with Crippen LogP contribution in [0.5, 0.6) is 0 Å². The third kappa shape index (κ3) is 2.79. The highest BCUT2D eigenvalue weighted by Gasteiger charge is 2.24. The van der Waals surface area contributed by atoms with Gasteiger partial charge in [0.2, 0.25) is 5.91 Å². The van der Waals surface area contributed by atoms with E-state index in [1.165, 1.54) is 19.5 Å². The Labute approximate surface area is 134 Å². The number of hydrogen-bond acceptors (Lipinski definition) is 5. The van der Waals surface area contributed by atoms with Crippen molar-refractivity contribution >= 4 is 17.6 Å². The van der Waals surface area contributed by atoms with Crippen LogP contribution in [0.4, 0.5) is 5.69 Å². The molecule has 0 fully saturated rings. The Morgan fingerprint density at radius 2 is 2.00 bits per heavy atom. The Morgan fingerprint density at radius 3 is 2.65 bits per heavy atom. The maximum atomic E-state index is 11.9.